The van der Waals surface area contributed by atoms with E-state index in [-0.39, 0.29) is 23.2 Å². The van der Waals surface area contributed by atoms with Gasteiger partial charge in [-0.05, 0) is 38.5 Å². The maximum absolute atomic E-state index is 12.0. The van der Waals surface area contributed by atoms with Crippen LogP contribution in [0.25, 0.3) is 11.0 Å². The largest absolute Gasteiger partial charge is 0.426 e. The molecule has 0 radical (unpaired) electrons. The molecule has 0 spiro atoms. The molecule has 0 bridgehead atoms. The van der Waals surface area contributed by atoms with Crippen LogP contribution >= 0.6 is 0 Å². The minimum absolute atomic E-state index is 0.0538. The van der Waals surface area contributed by atoms with Crippen molar-refractivity contribution >= 4 is 22.8 Å². The van der Waals surface area contributed by atoms with Gasteiger partial charge in [-0.15, -0.1) is 0 Å². The first-order chi connectivity index (χ1) is 10.9. The maximum atomic E-state index is 12.0. The Hall–Kier alpha value is -2.63. The van der Waals surface area contributed by atoms with Gasteiger partial charge in [0.05, 0.1) is 0 Å². The molecule has 0 aliphatic carbocycles. The minimum Gasteiger partial charge on any atom is -0.426 e. The van der Waals surface area contributed by atoms with E-state index in [4.69, 9.17) is 9.15 Å². The Morgan fingerprint density at radius 1 is 1.26 bits per heavy atom. The predicted octanol–water partition coefficient (Wildman–Crippen LogP) is 2.64. The third kappa shape index (κ3) is 4.18. The van der Waals surface area contributed by atoms with E-state index in [0.717, 1.165) is 0 Å². The molecule has 0 aliphatic heterocycles. The lowest BCUT2D eigenvalue weighted by Gasteiger charge is -2.08. The highest BCUT2D eigenvalue weighted by Gasteiger charge is 2.15. The number of benzene rings is 1. The van der Waals surface area contributed by atoms with Gasteiger partial charge in [0.15, 0.2) is 0 Å². The first kappa shape index (κ1) is 16.7. The van der Waals surface area contributed by atoms with Crippen molar-refractivity contribution in [3.8, 4) is 5.75 Å². The second-order valence-electron chi connectivity index (χ2n) is 5.50. The van der Waals surface area contributed by atoms with Gasteiger partial charge in [0.1, 0.15) is 16.9 Å². The molecular formula is C17H19NO5. The summed E-state index contributed by atoms with van der Waals surface area (Å²) in [6, 6.07) is 6.09. The van der Waals surface area contributed by atoms with Crippen molar-refractivity contribution < 1.29 is 18.7 Å². The Morgan fingerprint density at radius 2 is 2.00 bits per heavy atom. The molecule has 0 saturated carbocycles. The van der Waals surface area contributed by atoms with Gasteiger partial charge in [0, 0.05) is 23.9 Å². The zero-order valence-electron chi connectivity index (χ0n) is 13.3. The first-order valence-corrected chi connectivity index (χ1v) is 7.50. The fraction of sp³-hybridized carbons (Fsp3) is 0.353. The number of amides is 1. The lowest BCUT2D eigenvalue weighted by atomic mass is 10.1. The summed E-state index contributed by atoms with van der Waals surface area (Å²) >= 11 is 0. The Kier molecular flexibility index (Phi) is 5.16. The smallest absolute Gasteiger partial charge is 0.349 e. The first-order valence-electron chi connectivity index (χ1n) is 7.50. The van der Waals surface area contributed by atoms with Crippen LogP contribution < -0.4 is 15.7 Å². The van der Waals surface area contributed by atoms with Crippen molar-refractivity contribution in [1.82, 2.24) is 5.32 Å². The zero-order chi connectivity index (χ0) is 17.0. The number of hydrogen-bond donors (Lipinski definition) is 1. The molecule has 0 aliphatic rings. The Bertz CT molecular complexity index is 791. The number of ether oxygens (including phenoxy) is 1. The summed E-state index contributed by atoms with van der Waals surface area (Å²) in [6.07, 6.45) is 1.01. The molecule has 0 atom stereocenters. The molecule has 1 aromatic heterocycles. The van der Waals surface area contributed by atoms with Crippen LogP contribution in [0.4, 0.5) is 0 Å². The average molecular weight is 317 g/mol. The zero-order valence-corrected chi connectivity index (χ0v) is 13.3. The average Bonchev–Trinajstić information content (AvgIpc) is 2.45. The molecule has 23 heavy (non-hydrogen) atoms. The van der Waals surface area contributed by atoms with E-state index < -0.39 is 11.5 Å². The molecule has 1 aromatic carbocycles. The summed E-state index contributed by atoms with van der Waals surface area (Å²) in [7, 11) is 0. The van der Waals surface area contributed by atoms with Crippen LogP contribution in [0.3, 0.4) is 0 Å². The van der Waals surface area contributed by atoms with Gasteiger partial charge in [0.25, 0.3) is 5.91 Å². The fourth-order valence-electron chi connectivity index (χ4n) is 2.04. The Morgan fingerprint density at radius 3 is 2.65 bits per heavy atom. The predicted molar refractivity (Wildman–Crippen MR) is 85.6 cm³/mol. The van der Waals surface area contributed by atoms with Crippen molar-refractivity contribution in [2.45, 2.75) is 39.7 Å². The van der Waals surface area contributed by atoms with Crippen molar-refractivity contribution in [3.63, 3.8) is 0 Å². The number of carbonyl (C=O) groups excluding carboxylic acids is 2. The summed E-state index contributed by atoms with van der Waals surface area (Å²) in [5, 5.41) is 3.23. The quantitative estimate of drug-likeness (QED) is 0.520. The molecule has 122 valence electrons. The monoisotopic (exact) mass is 317 g/mol. The van der Waals surface area contributed by atoms with E-state index in [1.54, 1.807) is 26.0 Å². The second-order valence-corrected chi connectivity index (χ2v) is 5.50. The molecule has 0 fully saturated rings. The highest BCUT2D eigenvalue weighted by atomic mass is 16.5. The highest BCUT2D eigenvalue weighted by Crippen LogP contribution is 2.21. The van der Waals surface area contributed by atoms with Gasteiger partial charge in [-0.3, -0.25) is 9.59 Å². The summed E-state index contributed by atoms with van der Waals surface area (Å²) in [6.45, 7) is 5.49. The molecule has 1 amide bonds. The number of esters is 1. The molecule has 1 heterocycles. The van der Waals surface area contributed by atoms with E-state index in [2.05, 4.69) is 5.32 Å². The Labute approximate surface area is 133 Å². The van der Waals surface area contributed by atoms with E-state index in [1.807, 2.05) is 6.92 Å². The van der Waals surface area contributed by atoms with Crippen LogP contribution in [0.2, 0.25) is 0 Å². The molecule has 6 heteroatoms. The van der Waals surface area contributed by atoms with Gasteiger partial charge >= 0.3 is 11.6 Å². The number of rotatable bonds is 5. The van der Waals surface area contributed by atoms with Crippen LogP contribution in [0.1, 0.15) is 44.0 Å². The van der Waals surface area contributed by atoms with Gasteiger partial charge in [-0.25, -0.2) is 4.79 Å². The standard InChI is InChI=1S/C17H19NO5/c1-4-5-15(19)22-12-7-6-11-8-13(16(20)18-10(2)3)17(21)23-14(11)9-12/h6-10H,4-5H2,1-3H3,(H,18,20). The normalized spacial score (nSPS) is 10.8. The fourth-order valence-corrected chi connectivity index (χ4v) is 2.04. The molecule has 2 rings (SSSR count). The third-order valence-electron chi connectivity index (χ3n) is 3.06. The van der Waals surface area contributed by atoms with E-state index in [1.165, 1.54) is 12.1 Å². The summed E-state index contributed by atoms with van der Waals surface area (Å²) in [4.78, 5) is 35.4. The number of carbonyl (C=O) groups is 2. The highest BCUT2D eigenvalue weighted by molar-refractivity contribution is 5.96. The van der Waals surface area contributed by atoms with E-state index >= 15 is 0 Å². The van der Waals surface area contributed by atoms with Crippen LogP contribution in [0.15, 0.2) is 33.5 Å². The van der Waals surface area contributed by atoms with Crippen LogP contribution in [-0.2, 0) is 4.79 Å². The van der Waals surface area contributed by atoms with Crippen molar-refractivity contribution in [2.24, 2.45) is 0 Å². The molecule has 1 N–H and O–H groups in total. The van der Waals surface area contributed by atoms with Gasteiger partial charge in [-0.1, -0.05) is 6.92 Å². The Balaban J connectivity index is 2.33. The lowest BCUT2D eigenvalue weighted by molar-refractivity contribution is -0.134. The molecule has 6 nitrogen and oxygen atoms in total. The van der Waals surface area contributed by atoms with Crippen molar-refractivity contribution in [2.75, 3.05) is 0 Å². The van der Waals surface area contributed by atoms with Crippen LogP contribution in [0, 0.1) is 0 Å². The number of nitrogens with one attached hydrogen (secondary N) is 1. The van der Waals surface area contributed by atoms with Gasteiger partial charge in [-0.2, -0.15) is 0 Å². The third-order valence-corrected chi connectivity index (χ3v) is 3.06. The van der Waals surface area contributed by atoms with Crippen LogP contribution in [0.5, 0.6) is 5.75 Å². The summed E-state index contributed by atoms with van der Waals surface area (Å²) in [5.74, 6) is -0.519. The van der Waals surface area contributed by atoms with Crippen LogP contribution in [-0.4, -0.2) is 17.9 Å². The summed E-state index contributed by atoms with van der Waals surface area (Å²) < 4.78 is 10.3. The number of fused-ring (bicyclic) bond motifs is 1. The van der Waals surface area contributed by atoms with Crippen molar-refractivity contribution in [3.05, 3.63) is 40.2 Å². The van der Waals surface area contributed by atoms with E-state index in [0.29, 0.717) is 24.0 Å². The number of hydrogen-bond acceptors (Lipinski definition) is 5. The second kappa shape index (κ2) is 7.09. The molecule has 2 aromatic rings. The molecular weight excluding hydrogens is 298 g/mol. The minimum atomic E-state index is -0.729. The van der Waals surface area contributed by atoms with Gasteiger partial charge in [0.2, 0.25) is 0 Å². The lowest BCUT2D eigenvalue weighted by Crippen LogP contribution is -2.33. The summed E-state index contributed by atoms with van der Waals surface area (Å²) in [5.41, 5.74) is -0.521. The molecule has 0 unspecified atom stereocenters. The molecule has 0 saturated heterocycles. The van der Waals surface area contributed by atoms with E-state index in [9.17, 15) is 14.4 Å². The SMILES string of the molecule is CCCC(=O)Oc1ccc2cc(C(=O)NC(C)C)c(=O)oc2c1. The maximum Gasteiger partial charge on any atom is 0.349 e. The topological polar surface area (TPSA) is 85.6 Å². The van der Waals surface area contributed by atoms with Crippen molar-refractivity contribution in [1.29, 1.82) is 0 Å². The van der Waals surface area contributed by atoms with Gasteiger partial charge < -0.3 is 14.5 Å².